The van der Waals surface area contributed by atoms with Crippen molar-refractivity contribution in [1.29, 1.82) is 0 Å². The molecule has 3 aromatic rings. The Balaban J connectivity index is 1.88. The van der Waals surface area contributed by atoms with Gasteiger partial charge in [-0.2, -0.15) is 0 Å². The number of hydrogen-bond acceptors (Lipinski definition) is 6. The highest BCUT2D eigenvalue weighted by molar-refractivity contribution is 7.99. The minimum absolute atomic E-state index is 0.149. The van der Waals surface area contributed by atoms with Crippen LogP contribution < -0.4 is 5.73 Å². The number of nitrogens with zero attached hydrogens (tertiary/aromatic N) is 3. The quantitative estimate of drug-likeness (QED) is 0.412. The highest BCUT2D eigenvalue weighted by Crippen LogP contribution is 2.34. The first-order valence-electron chi connectivity index (χ1n) is 7.41. The van der Waals surface area contributed by atoms with E-state index in [1.165, 1.54) is 10.9 Å². The molecule has 3 rings (SSSR count). The average molecular weight is 345 g/mol. The predicted octanol–water partition coefficient (Wildman–Crippen LogP) is 4.07. The first-order valence-corrected chi connectivity index (χ1v) is 9.52. The Hall–Kier alpha value is -1.73. The average Bonchev–Trinajstić information content (AvgIpc) is 2.96. The number of anilines is 1. The van der Waals surface area contributed by atoms with Gasteiger partial charge in [-0.1, -0.05) is 18.7 Å². The van der Waals surface area contributed by atoms with Crippen molar-refractivity contribution in [2.45, 2.75) is 35.7 Å². The smallest absolute Gasteiger partial charge is 0.191 e. The molecule has 0 fully saturated rings. The fraction of sp³-hybridized carbons (Fsp3) is 0.312. The van der Waals surface area contributed by atoms with Crippen molar-refractivity contribution in [2.24, 2.45) is 0 Å². The van der Waals surface area contributed by atoms with Gasteiger partial charge in [0.05, 0.1) is 22.7 Å². The van der Waals surface area contributed by atoms with Crippen molar-refractivity contribution in [3.05, 3.63) is 35.8 Å². The lowest BCUT2D eigenvalue weighted by molar-refractivity contribution is 0.888. The van der Waals surface area contributed by atoms with Crippen molar-refractivity contribution in [2.75, 3.05) is 12.0 Å². The molecule has 5 nitrogen and oxygen atoms in total. The van der Waals surface area contributed by atoms with Crippen LogP contribution in [0, 0.1) is 0 Å². The molecule has 3 N–H and O–H groups in total. The molecule has 0 aliphatic heterocycles. The molecule has 0 amide bonds. The van der Waals surface area contributed by atoms with Crippen molar-refractivity contribution in [3.63, 3.8) is 0 Å². The minimum atomic E-state index is 0.149. The van der Waals surface area contributed by atoms with Gasteiger partial charge in [0.25, 0.3) is 0 Å². The molecule has 0 aliphatic carbocycles. The van der Waals surface area contributed by atoms with Crippen molar-refractivity contribution >= 4 is 40.2 Å². The third kappa shape index (κ3) is 3.45. The molecule has 0 spiro atoms. The van der Waals surface area contributed by atoms with E-state index in [1.54, 1.807) is 29.6 Å². The van der Waals surface area contributed by atoms with Gasteiger partial charge in [0.2, 0.25) is 0 Å². The molecule has 0 saturated heterocycles. The lowest BCUT2D eigenvalue weighted by atomic mass is 10.1. The molecule has 3 heterocycles. The first-order chi connectivity index (χ1) is 11.1. The zero-order chi connectivity index (χ0) is 16.4. The number of nitrogens with one attached hydrogen (secondary N) is 1. The maximum atomic E-state index is 5.85. The van der Waals surface area contributed by atoms with Gasteiger partial charge in [0, 0.05) is 17.6 Å². The number of fused-ring (bicyclic) bond motifs is 1. The van der Waals surface area contributed by atoms with E-state index < -0.39 is 0 Å². The highest BCUT2D eigenvalue weighted by atomic mass is 32.2. The Morgan fingerprint density at radius 1 is 1.30 bits per heavy atom. The number of nitrogen functional groups attached to an aromatic ring is 1. The van der Waals surface area contributed by atoms with E-state index in [1.807, 2.05) is 12.5 Å². The molecule has 1 unspecified atom stereocenters. The molecule has 0 bridgehead atoms. The van der Waals surface area contributed by atoms with Crippen LogP contribution in [0.2, 0.25) is 0 Å². The second-order valence-corrected chi connectivity index (χ2v) is 7.33. The van der Waals surface area contributed by atoms with Crippen LogP contribution in [0.5, 0.6) is 0 Å². The van der Waals surface area contributed by atoms with Crippen LogP contribution in [0.1, 0.15) is 30.4 Å². The Kier molecular flexibility index (Phi) is 4.77. The molecule has 3 aromatic heterocycles. The van der Waals surface area contributed by atoms with Crippen LogP contribution >= 0.6 is 23.5 Å². The van der Waals surface area contributed by atoms with E-state index in [2.05, 4.69) is 46.0 Å². The summed E-state index contributed by atoms with van der Waals surface area (Å²) in [6.07, 6.45) is 6.93. The highest BCUT2D eigenvalue weighted by Gasteiger charge is 2.14. The summed E-state index contributed by atoms with van der Waals surface area (Å²) in [5.74, 6) is 0.501. The lowest BCUT2D eigenvalue weighted by Gasteiger charge is -2.11. The number of thioether (sulfide) groups is 2. The van der Waals surface area contributed by atoms with E-state index in [-0.39, 0.29) is 5.25 Å². The van der Waals surface area contributed by atoms with E-state index in [4.69, 9.17) is 5.73 Å². The van der Waals surface area contributed by atoms with Crippen LogP contribution in [-0.4, -0.2) is 26.2 Å². The lowest BCUT2D eigenvalue weighted by Crippen LogP contribution is -1.99. The van der Waals surface area contributed by atoms with E-state index in [0.29, 0.717) is 11.0 Å². The first kappa shape index (κ1) is 16.1. The monoisotopic (exact) mass is 345 g/mol. The third-order valence-electron chi connectivity index (χ3n) is 3.66. The van der Waals surface area contributed by atoms with E-state index >= 15 is 0 Å². The fourth-order valence-electron chi connectivity index (χ4n) is 2.41. The van der Waals surface area contributed by atoms with Gasteiger partial charge in [-0.3, -0.25) is 4.98 Å². The van der Waals surface area contributed by atoms with Gasteiger partial charge in [-0.25, -0.2) is 9.97 Å². The van der Waals surface area contributed by atoms with Gasteiger partial charge < -0.3 is 10.7 Å². The van der Waals surface area contributed by atoms with Gasteiger partial charge in [0.1, 0.15) is 10.8 Å². The summed E-state index contributed by atoms with van der Waals surface area (Å²) in [6, 6.07) is 3.95. The van der Waals surface area contributed by atoms with Crippen molar-refractivity contribution in [3.8, 4) is 0 Å². The SMILES string of the molecule is CCc1c[nH]c2cnc(C(C)Sc3nc(N)cc(SC)n3)cc12. The number of H-pyrrole nitrogens is 1. The number of aromatic amines is 1. The summed E-state index contributed by atoms with van der Waals surface area (Å²) < 4.78 is 0. The molecule has 0 saturated carbocycles. The number of rotatable bonds is 5. The summed E-state index contributed by atoms with van der Waals surface area (Å²) in [4.78, 5) is 16.7. The summed E-state index contributed by atoms with van der Waals surface area (Å²) in [7, 11) is 0. The Bertz CT molecular complexity index is 830. The second-order valence-electron chi connectivity index (χ2n) is 5.20. The Labute approximate surface area is 143 Å². The molecule has 7 heteroatoms. The predicted molar refractivity (Wildman–Crippen MR) is 98.0 cm³/mol. The van der Waals surface area contributed by atoms with Crippen molar-refractivity contribution in [1.82, 2.24) is 19.9 Å². The number of aryl methyl sites for hydroxylation is 1. The van der Waals surface area contributed by atoms with Gasteiger partial charge in [-0.15, -0.1) is 11.8 Å². The molecule has 120 valence electrons. The van der Waals surface area contributed by atoms with Crippen LogP contribution in [-0.2, 0) is 6.42 Å². The van der Waals surface area contributed by atoms with Crippen LogP contribution in [0.3, 0.4) is 0 Å². The second kappa shape index (κ2) is 6.80. The standard InChI is InChI=1S/C16H19N5S2/c1-4-10-7-18-13-8-19-12(5-11(10)13)9(2)23-16-20-14(17)6-15(21-16)22-3/h5-9,18H,4H2,1-3H3,(H2,17,20,21). The molecular weight excluding hydrogens is 326 g/mol. The van der Waals surface area contributed by atoms with Crippen LogP contribution in [0.15, 0.2) is 34.7 Å². The third-order valence-corrected chi connectivity index (χ3v) is 5.28. The number of aromatic nitrogens is 4. The molecule has 0 aromatic carbocycles. The molecule has 0 radical (unpaired) electrons. The molecule has 23 heavy (non-hydrogen) atoms. The zero-order valence-corrected chi connectivity index (χ0v) is 15.0. The molecule has 1 atom stereocenters. The number of nitrogens with two attached hydrogens (primary N) is 1. The van der Waals surface area contributed by atoms with Gasteiger partial charge >= 0.3 is 0 Å². The normalized spacial score (nSPS) is 12.7. The van der Waals surface area contributed by atoms with Gasteiger partial charge in [-0.05, 0) is 31.2 Å². The summed E-state index contributed by atoms with van der Waals surface area (Å²) in [6.45, 7) is 4.27. The largest absolute Gasteiger partial charge is 0.384 e. The van der Waals surface area contributed by atoms with Crippen LogP contribution in [0.4, 0.5) is 5.82 Å². The topological polar surface area (TPSA) is 80.5 Å². The maximum Gasteiger partial charge on any atom is 0.191 e. The Morgan fingerprint density at radius 2 is 2.13 bits per heavy atom. The van der Waals surface area contributed by atoms with Crippen molar-refractivity contribution < 1.29 is 0 Å². The number of pyridine rings is 1. The summed E-state index contributed by atoms with van der Waals surface area (Å²) >= 11 is 3.14. The van der Waals surface area contributed by atoms with E-state index in [9.17, 15) is 0 Å². The minimum Gasteiger partial charge on any atom is -0.384 e. The Morgan fingerprint density at radius 3 is 2.87 bits per heavy atom. The van der Waals surface area contributed by atoms with E-state index in [0.717, 1.165) is 22.7 Å². The maximum absolute atomic E-state index is 5.85. The van der Waals surface area contributed by atoms with Crippen LogP contribution in [0.25, 0.3) is 10.9 Å². The van der Waals surface area contributed by atoms with Gasteiger partial charge in [0.15, 0.2) is 5.16 Å². The fourth-order valence-corrected chi connectivity index (χ4v) is 3.76. The molecule has 0 aliphatic rings. The zero-order valence-electron chi connectivity index (χ0n) is 13.3. The summed E-state index contributed by atoms with van der Waals surface area (Å²) in [5, 5.41) is 2.96. The summed E-state index contributed by atoms with van der Waals surface area (Å²) in [5.41, 5.74) is 9.26. The number of hydrogen-bond donors (Lipinski definition) is 2. The molecular formula is C16H19N5S2.